The molecule has 0 aliphatic rings. The monoisotopic (exact) mass is 271 g/mol. The topological polar surface area (TPSA) is 81.5 Å². The molecule has 98 valence electrons. The van der Waals surface area contributed by atoms with Crippen molar-refractivity contribution in [3.63, 3.8) is 0 Å². The molecule has 0 bridgehead atoms. The third-order valence-electron chi connectivity index (χ3n) is 1.86. The molecule has 18 heavy (non-hydrogen) atoms. The summed E-state index contributed by atoms with van der Waals surface area (Å²) >= 11 is 0. The maximum absolute atomic E-state index is 11.7. The molecule has 0 spiro atoms. The Bertz CT molecular complexity index is 592. The van der Waals surface area contributed by atoms with Gasteiger partial charge in [0.15, 0.2) is 0 Å². The summed E-state index contributed by atoms with van der Waals surface area (Å²) in [6, 6.07) is 0. The average Bonchev–Trinajstić information content (AvgIpc) is 2.75. The minimum atomic E-state index is -3.60. The Hall–Kier alpha value is -1.85. The quantitative estimate of drug-likeness (QED) is 0.544. The molecule has 0 saturated carbocycles. The molecule has 1 aromatic rings. The zero-order valence-electron chi connectivity index (χ0n) is 10.2. The number of carbonyl (C=O) groups excluding carboxylic acids is 1. The summed E-state index contributed by atoms with van der Waals surface area (Å²) in [5, 5.41) is 0. The molecule has 0 aromatic carbocycles. The maximum atomic E-state index is 11.7. The highest BCUT2D eigenvalue weighted by Gasteiger charge is 2.15. The molecule has 0 N–H and O–H groups in total. The average molecular weight is 271 g/mol. The van der Waals surface area contributed by atoms with E-state index in [4.69, 9.17) is 0 Å². The van der Waals surface area contributed by atoms with Gasteiger partial charge >= 0.3 is 16.2 Å². The summed E-state index contributed by atoms with van der Waals surface area (Å²) in [6.45, 7) is 1.90. The van der Waals surface area contributed by atoms with Gasteiger partial charge in [0.05, 0.1) is 12.8 Å². The Kier molecular flexibility index (Phi) is 4.47. The number of ether oxygens (including phenoxy) is 1. The predicted molar refractivity (Wildman–Crippen MR) is 63.7 cm³/mol. The fourth-order valence-corrected chi connectivity index (χ4v) is 1.74. The first-order valence-corrected chi connectivity index (χ1v) is 6.43. The van der Waals surface area contributed by atoms with Crippen LogP contribution in [0.4, 0.5) is 0 Å². The minimum absolute atomic E-state index is 0.175. The fraction of sp³-hybridized carbons (Fsp3) is 0.400. The maximum Gasteiger partial charge on any atom is 0.384 e. The Morgan fingerprint density at radius 2 is 2.22 bits per heavy atom. The van der Waals surface area contributed by atoms with Crippen LogP contribution in [-0.2, 0) is 19.7 Å². The molecular formula is C10H13N3O4S. The van der Waals surface area contributed by atoms with Crippen LogP contribution in [0.5, 0.6) is 0 Å². The van der Waals surface area contributed by atoms with Crippen molar-refractivity contribution in [2.24, 2.45) is 0 Å². The second kappa shape index (κ2) is 5.66. The van der Waals surface area contributed by atoms with E-state index >= 15 is 0 Å². The lowest BCUT2D eigenvalue weighted by Crippen LogP contribution is -2.27. The number of carbonyl (C=O) groups is 1. The Labute approximate surface area is 106 Å². The molecule has 1 rings (SSSR count). The molecule has 0 saturated heterocycles. The van der Waals surface area contributed by atoms with Crippen molar-refractivity contribution in [2.75, 3.05) is 20.7 Å². The Morgan fingerprint density at radius 1 is 1.56 bits per heavy atom. The summed E-state index contributed by atoms with van der Waals surface area (Å²) in [4.78, 5) is 14.7. The first kappa shape index (κ1) is 14.2. The first-order valence-electron chi connectivity index (χ1n) is 5.03. The van der Waals surface area contributed by atoms with Crippen LogP contribution in [0.25, 0.3) is 0 Å². The van der Waals surface area contributed by atoms with Crippen molar-refractivity contribution in [2.45, 2.75) is 6.92 Å². The lowest BCUT2D eigenvalue weighted by Gasteiger charge is -2.10. The summed E-state index contributed by atoms with van der Waals surface area (Å²) in [5.41, 5.74) is 0.175. The first-order chi connectivity index (χ1) is 8.37. The van der Waals surface area contributed by atoms with Gasteiger partial charge in [0.25, 0.3) is 0 Å². The van der Waals surface area contributed by atoms with Crippen LogP contribution < -0.4 is 0 Å². The zero-order chi connectivity index (χ0) is 13.8. The smallest absolute Gasteiger partial charge is 0.384 e. The third-order valence-corrected chi connectivity index (χ3v) is 3.51. The molecule has 0 aliphatic heterocycles. The highest BCUT2D eigenvalue weighted by Crippen LogP contribution is 2.02. The molecule has 0 amide bonds. The number of nitrogens with zero attached hydrogens (tertiary/aromatic N) is 3. The summed E-state index contributed by atoms with van der Waals surface area (Å²) in [6.07, 6.45) is 2.34. The van der Waals surface area contributed by atoms with E-state index in [2.05, 4.69) is 21.6 Å². The van der Waals surface area contributed by atoms with E-state index in [1.54, 1.807) is 6.92 Å². The van der Waals surface area contributed by atoms with Crippen molar-refractivity contribution in [1.29, 1.82) is 0 Å². The normalized spacial score (nSPS) is 10.9. The zero-order valence-corrected chi connectivity index (χ0v) is 11.1. The van der Waals surface area contributed by atoms with Crippen LogP contribution in [0, 0.1) is 11.8 Å². The van der Waals surface area contributed by atoms with Crippen molar-refractivity contribution in [3.8, 4) is 11.8 Å². The molecule has 1 heterocycles. The summed E-state index contributed by atoms with van der Waals surface area (Å²) in [5.74, 6) is 3.94. The van der Waals surface area contributed by atoms with E-state index in [1.165, 1.54) is 20.3 Å². The van der Waals surface area contributed by atoms with E-state index in [9.17, 15) is 13.2 Å². The van der Waals surface area contributed by atoms with Crippen LogP contribution in [0.15, 0.2) is 12.5 Å². The van der Waals surface area contributed by atoms with Crippen LogP contribution in [-0.4, -0.2) is 48.4 Å². The molecule has 0 radical (unpaired) electrons. The second-order valence-electron chi connectivity index (χ2n) is 3.35. The second-order valence-corrected chi connectivity index (χ2v) is 5.40. The minimum Gasteiger partial charge on any atom is -0.456 e. The molecule has 7 nitrogen and oxygen atoms in total. The van der Waals surface area contributed by atoms with E-state index in [0.29, 0.717) is 0 Å². The summed E-state index contributed by atoms with van der Waals surface area (Å²) < 4.78 is 29.9. The molecular weight excluding hydrogens is 258 g/mol. The van der Waals surface area contributed by atoms with Gasteiger partial charge < -0.3 is 4.74 Å². The third kappa shape index (κ3) is 3.32. The number of imidazole rings is 1. The highest BCUT2D eigenvalue weighted by molar-refractivity contribution is 7.87. The molecule has 8 heteroatoms. The molecule has 0 unspecified atom stereocenters. The van der Waals surface area contributed by atoms with E-state index in [0.717, 1.165) is 14.6 Å². The lowest BCUT2D eigenvalue weighted by atomic mass is 10.4. The number of hydrogen-bond acceptors (Lipinski definition) is 5. The number of aromatic nitrogens is 2. The fourth-order valence-electron chi connectivity index (χ4n) is 0.968. The van der Waals surface area contributed by atoms with Crippen molar-refractivity contribution in [3.05, 3.63) is 18.2 Å². The van der Waals surface area contributed by atoms with Gasteiger partial charge in [0, 0.05) is 20.0 Å². The Balaban J connectivity index is 2.92. The molecule has 0 atom stereocenters. The van der Waals surface area contributed by atoms with E-state index in [-0.39, 0.29) is 12.3 Å². The van der Waals surface area contributed by atoms with Gasteiger partial charge in [-0.3, -0.25) is 0 Å². The SMILES string of the molecule is CCOC(=O)C#Cc1cn(S(=O)(=O)N(C)C)cn1. The Morgan fingerprint density at radius 3 is 2.78 bits per heavy atom. The van der Waals surface area contributed by atoms with Gasteiger partial charge in [0.2, 0.25) is 0 Å². The highest BCUT2D eigenvalue weighted by atomic mass is 32.2. The molecule has 0 aliphatic carbocycles. The van der Waals surface area contributed by atoms with Crippen molar-refractivity contribution in [1.82, 2.24) is 13.3 Å². The van der Waals surface area contributed by atoms with Crippen LogP contribution in [0.2, 0.25) is 0 Å². The lowest BCUT2D eigenvalue weighted by molar-refractivity contribution is -0.136. The van der Waals surface area contributed by atoms with Crippen molar-refractivity contribution >= 4 is 16.2 Å². The van der Waals surface area contributed by atoms with Gasteiger partial charge in [-0.1, -0.05) is 0 Å². The number of hydrogen-bond donors (Lipinski definition) is 0. The van der Waals surface area contributed by atoms with Gasteiger partial charge in [0.1, 0.15) is 12.0 Å². The molecule has 0 fully saturated rings. The van der Waals surface area contributed by atoms with Crippen LogP contribution >= 0.6 is 0 Å². The van der Waals surface area contributed by atoms with Gasteiger partial charge in [-0.15, -0.1) is 0 Å². The van der Waals surface area contributed by atoms with Crippen LogP contribution in [0.3, 0.4) is 0 Å². The number of esters is 1. The van der Waals surface area contributed by atoms with Gasteiger partial charge in [-0.2, -0.15) is 12.7 Å². The summed E-state index contributed by atoms with van der Waals surface area (Å²) in [7, 11) is -0.797. The van der Waals surface area contributed by atoms with Crippen molar-refractivity contribution < 1.29 is 17.9 Å². The largest absolute Gasteiger partial charge is 0.456 e. The van der Waals surface area contributed by atoms with Gasteiger partial charge in [-0.05, 0) is 12.8 Å². The standard InChI is InChI=1S/C10H13N3O4S/c1-4-17-10(14)6-5-9-7-13(8-11-9)18(15,16)12(2)3/h7-8H,4H2,1-3H3. The van der Waals surface area contributed by atoms with Gasteiger partial charge in [-0.25, -0.2) is 13.8 Å². The molecule has 1 aromatic heterocycles. The predicted octanol–water partition coefficient (Wildman–Crippen LogP) is -0.548. The number of rotatable bonds is 3. The van der Waals surface area contributed by atoms with E-state index in [1.807, 2.05) is 0 Å². The van der Waals surface area contributed by atoms with Crippen LogP contribution in [0.1, 0.15) is 12.6 Å². The van der Waals surface area contributed by atoms with E-state index < -0.39 is 16.2 Å².